The predicted octanol–water partition coefficient (Wildman–Crippen LogP) is 1.79. The maximum absolute atomic E-state index is 11.9. The van der Waals surface area contributed by atoms with Crippen LogP contribution in [0.25, 0.3) is 0 Å². The second-order valence-corrected chi connectivity index (χ2v) is 7.25. The fraction of sp³-hybridized carbons (Fsp3) is 0.882. The summed E-state index contributed by atoms with van der Waals surface area (Å²) < 4.78 is 10.8. The third-order valence-electron chi connectivity index (χ3n) is 3.65. The van der Waals surface area contributed by atoms with Crippen LogP contribution < -0.4 is 5.32 Å². The number of likely N-dealkylation sites (N-methyl/N-ethyl adjacent to an activating group) is 1. The number of aliphatic imine (C=N–C) groups is 1. The van der Waals surface area contributed by atoms with E-state index in [-0.39, 0.29) is 6.09 Å². The molecular formula is C17H34N4O3. The molecule has 1 fully saturated rings. The molecule has 0 aromatic carbocycles. The van der Waals surface area contributed by atoms with Gasteiger partial charge in [-0.15, -0.1) is 0 Å². The summed E-state index contributed by atoms with van der Waals surface area (Å²) in [6, 6.07) is 0. The first-order valence-corrected chi connectivity index (χ1v) is 8.74. The molecule has 1 unspecified atom stereocenters. The Morgan fingerprint density at radius 3 is 2.58 bits per heavy atom. The van der Waals surface area contributed by atoms with Crippen molar-refractivity contribution < 1.29 is 14.3 Å². The van der Waals surface area contributed by atoms with E-state index >= 15 is 0 Å². The van der Waals surface area contributed by atoms with Gasteiger partial charge in [0, 0.05) is 46.3 Å². The Labute approximate surface area is 146 Å². The van der Waals surface area contributed by atoms with E-state index in [4.69, 9.17) is 9.47 Å². The Bertz CT molecular complexity index is 415. The molecule has 0 aliphatic carbocycles. The summed E-state index contributed by atoms with van der Waals surface area (Å²) in [4.78, 5) is 20.2. The average molecular weight is 342 g/mol. The van der Waals surface area contributed by atoms with E-state index in [1.165, 1.54) is 0 Å². The Morgan fingerprint density at radius 1 is 1.33 bits per heavy atom. The van der Waals surface area contributed by atoms with Crippen molar-refractivity contribution in [2.75, 3.05) is 53.5 Å². The molecule has 0 spiro atoms. The number of carbonyl (C=O) groups is 1. The molecule has 1 amide bonds. The molecule has 24 heavy (non-hydrogen) atoms. The fourth-order valence-electron chi connectivity index (χ4n) is 2.41. The summed E-state index contributed by atoms with van der Waals surface area (Å²) in [5.41, 5.74) is -0.479. The molecule has 0 bridgehead atoms. The first kappa shape index (κ1) is 20.5. The van der Waals surface area contributed by atoms with Crippen LogP contribution in [-0.2, 0) is 9.47 Å². The van der Waals surface area contributed by atoms with Crippen LogP contribution in [0.15, 0.2) is 4.99 Å². The zero-order valence-electron chi connectivity index (χ0n) is 16.1. The first-order chi connectivity index (χ1) is 11.2. The Balaban J connectivity index is 2.47. The third kappa shape index (κ3) is 7.86. The van der Waals surface area contributed by atoms with Crippen molar-refractivity contribution in [3.8, 4) is 0 Å². The standard InChI is InChI=1S/C17H34N4O3/c1-7-18-15(21(6)12-14-8-11-23-13-14)19-9-10-20(5)16(22)24-17(2,3)4/h14H,7-13H2,1-6H3,(H,18,19). The lowest BCUT2D eigenvalue weighted by Gasteiger charge is -2.26. The molecule has 7 heteroatoms. The van der Waals surface area contributed by atoms with Crippen molar-refractivity contribution in [3.63, 3.8) is 0 Å². The fourth-order valence-corrected chi connectivity index (χ4v) is 2.41. The van der Waals surface area contributed by atoms with E-state index in [0.29, 0.717) is 19.0 Å². The van der Waals surface area contributed by atoms with Crippen molar-refractivity contribution in [1.29, 1.82) is 0 Å². The molecule has 1 atom stereocenters. The van der Waals surface area contributed by atoms with Crippen LogP contribution in [0.2, 0.25) is 0 Å². The average Bonchev–Trinajstić information content (AvgIpc) is 2.97. The van der Waals surface area contributed by atoms with E-state index in [0.717, 1.165) is 38.7 Å². The maximum atomic E-state index is 11.9. The summed E-state index contributed by atoms with van der Waals surface area (Å²) in [5.74, 6) is 1.42. The van der Waals surface area contributed by atoms with Gasteiger partial charge < -0.3 is 24.6 Å². The number of guanidine groups is 1. The highest BCUT2D eigenvalue weighted by atomic mass is 16.6. The normalized spacial score (nSPS) is 18.4. The number of hydrogen-bond acceptors (Lipinski definition) is 4. The molecule has 0 aromatic heterocycles. The van der Waals surface area contributed by atoms with Crippen LogP contribution in [0, 0.1) is 5.92 Å². The molecule has 0 radical (unpaired) electrons. The third-order valence-corrected chi connectivity index (χ3v) is 3.65. The molecule has 1 N–H and O–H groups in total. The summed E-state index contributed by atoms with van der Waals surface area (Å²) in [5, 5.41) is 3.30. The van der Waals surface area contributed by atoms with Crippen molar-refractivity contribution in [1.82, 2.24) is 15.1 Å². The van der Waals surface area contributed by atoms with Gasteiger partial charge in [-0.3, -0.25) is 4.99 Å². The summed E-state index contributed by atoms with van der Waals surface area (Å²) in [7, 11) is 3.77. The maximum Gasteiger partial charge on any atom is 0.410 e. The van der Waals surface area contributed by atoms with E-state index in [9.17, 15) is 4.79 Å². The van der Waals surface area contributed by atoms with Gasteiger partial charge in [0.25, 0.3) is 0 Å². The molecule has 1 saturated heterocycles. The van der Waals surface area contributed by atoms with Gasteiger partial charge in [-0.1, -0.05) is 0 Å². The van der Waals surface area contributed by atoms with Crippen molar-refractivity contribution >= 4 is 12.1 Å². The molecule has 1 heterocycles. The van der Waals surface area contributed by atoms with Crippen LogP contribution in [0.3, 0.4) is 0 Å². The minimum Gasteiger partial charge on any atom is -0.444 e. The summed E-state index contributed by atoms with van der Waals surface area (Å²) >= 11 is 0. The second kappa shape index (κ2) is 9.71. The highest BCUT2D eigenvalue weighted by molar-refractivity contribution is 5.79. The van der Waals surface area contributed by atoms with Gasteiger partial charge in [0.05, 0.1) is 13.2 Å². The molecule has 0 aromatic rings. The van der Waals surface area contributed by atoms with Crippen LogP contribution in [-0.4, -0.2) is 80.9 Å². The van der Waals surface area contributed by atoms with Gasteiger partial charge in [0.2, 0.25) is 0 Å². The number of amides is 1. The largest absolute Gasteiger partial charge is 0.444 e. The molecule has 140 valence electrons. The predicted molar refractivity (Wildman–Crippen MR) is 96.4 cm³/mol. The van der Waals surface area contributed by atoms with Crippen LogP contribution in [0.1, 0.15) is 34.1 Å². The molecule has 1 rings (SSSR count). The highest BCUT2D eigenvalue weighted by Gasteiger charge is 2.20. The lowest BCUT2D eigenvalue weighted by atomic mass is 10.1. The number of nitrogens with one attached hydrogen (secondary N) is 1. The number of hydrogen-bond donors (Lipinski definition) is 1. The van der Waals surface area contributed by atoms with Crippen molar-refractivity contribution in [2.45, 2.75) is 39.7 Å². The molecular weight excluding hydrogens is 308 g/mol. The minimum absolute atomic E-state index is 0.320. The van der Waals surface area contributed by atoms with Crippen molar-refractivity contribution in [2.24, 2.45) is 10.9 Å². The number of carbonyl (C=O) groups excluding carboxylic acids is 1. The molecule has 1 aliphatic rings. The molecule has 1 aliphatic heterocycles. The Hall–Kier alpha value is -1.50. The van der Waals surface area contributed by atoms with Gasteiger partial charge in [-0.05, 0) is 34.1 Å². The van der Waals surface area contributed by atoms with Crippen LogP contribution in [0.5, 0.6) is 0 Å². The van der Waals surface area contributed by atoms with E-state index in [1.54, 1.807) is 11.9 Å². The lowest BCUT2D eigenvalue weighted by Crippen LogP contribution is -2.42. The van der Waals surface area contributed by atoms with E-state index < -0.39 is 5.60 Å². The zero-order valence-corrected chi connectivity index (χ0v) is 16.1. The summed E-state index contributed by atoms with van der Waals surface area (Å²) in [6.07, 6.45) is 0.782. The van der Waals surface area contributed by atoms with E-state index in [2.05, 4.69) is 22.1 Å². The van der Waals surface area contributed by atoms with Crippen LogP contribution >= 0.6 is 0 Å². The summed E-state index contributed by atoms with van der Waals surface area (Å²) in [6.45, 7) is 12.1. The zero-order chi connectivity index (χ0) is 18.2. The first-order valence-electron chi connectivity index (χ1n) is 8.74. The number of nitrogens with zero attached hydrogens (tertiary/aromatic N) is 3. The Kier molecular flexibility index (Phi) is 8.31. The SMILES string of the molecule is CCNC(=NCCN(C)C(=O)OC(C)(C)C)N(C)CC1CCOC1. The van der Waals surface area contributed by atoms with Gasteiger partial charge >= 0.3 is 6.09 Å². The number of rotatable bonds is 6. The Morgan fingerprint density at radius 2 is 2.04 bits per heavy atom. The van der Waals surface area contributed by atoms with Gasteiger partial charge in [0.1, 0.15) is 5.60 Å². The quantitative estimate of drug-likeness (QED) is 0.589. The number of ether oxygens (including phenoxy) is 2. The second-order valence-electron chi connectivity index (χ2n) is 7.25. The molecule has 0 saturated carbocycles. The van der Waals surface area contributed by atoms with E-state index in [1.807, 2.05) is 27.8 Å². The van der Waals surface area contributed by atoms with Crippen LogP contribution in [0.4, 0.5) is 4.79 Å². The van der Waals surface area contributed by atoms with Gasteiger partial charge in [0.15, 0.2) is 5.96 Å². The molecule has 7 nitrogen and oxygen atoms in total. The highest BCUT2D eigenvalue weighted by Crippen LogP contribution is 2.13. The lowest BCUT2D eigenvalue weighted by molar-refractivity contribution is 0.0304. The minimum atomic E-state index is -0.479. The van der Waals surface area contributed by atoms with Gasteiger partial charge in [-0.2, -0.15) is 0 Å². The topological polar surface area (TPSA) is 66.4 Å². The monoisotopic (exact) mass is 342 g/mol. The van der Waals surface area contributed by atoms with Gasteiger partial charge in [-0.25, -0.2) is 4.79 Å². The van der Waals surface area contributed by atoms with Crippen molar-refractivity contribution in [3.05, 3.63) is 0 Å². The smallest absolute Gasteiger partial charge is 0.410 e.